The Hall–Kier alpha value is -2.71. The van der Waals surface area contributed by atoms with Crippen molar-refractivity contribution in [1.82, 2.24) is 0 Å². The Morgan fingerprint density at radius 3 is 2.17 bits per heavy atom. The molecule has 0 aliphatic heterocycles. The second kappa shape index (κ2) is 6.81. The molecule has 7 nitrogen and oxygen atoms in total. The molecule has 0 fully saturated rings. The number of amides is 1. The lowest BCUT2D eigenvalue weighted by Gasteiger charge is -2.09. The zero-order chi connectivity index (χ0) is 17.9. The maximum atomic E-state index is 12.2. The van der Waals surface area contributed by atoms with Crippen LogP contribution < -0.4 is 10.5 Å². The smallest absolute Gasteiger partial charge is 0.337 e. The summed E-state index contributed by atoms with van der Waals surface area (Å²) < 4.78 is 27.6. The first-order valence-corrected chi connectivity index (χ1v) is 8.40. The number of esters is 1. The van der Waals surface area contributed by atoms with Gasteiger partial charge in [-0.1, -0.05) is 6.07 Å². The molecule has 3 N–H and O–H groups in total. The minimum atomic E-state index is -3.91. The van der Waals surface area contributed by atoms with Gasteiger partial charge in [-0.2, -0.15) is 0 Å². The Kier molecular flexibility index (Phi) is 5.01. The van der Waals surface area contributed by atoms with Gasteiger partial charge in [-0.3, -0.25) is 4.79 Å². The van der Waals surface area contributed by atoms with Crippen LogP contribution in [0.15, 0.2) is 47.4 Å². The minimum Gasteiger partial charge on any atom is -0.465 e. The van der Waals surface area contributed by atoms with Crippen molar-refractivity contribution < 1.29 is 22.7 Å². The largest absolute Gasteiger partial charge is 0.465 e. The van der Waals surface area contributed by atoms with E-state index in [2.05, 4.69) is 10.1 Å². The third kappa shape index (κ3) is 3.98. The van der Waals surface area contributed by atoms with Gasteiger partial charge < -0.3 is 10.1 Å². The predicted octanol–water partition coefficient (Wildman–Crippen LogP) is 1.68. The number of ether oxygens (including phenoxy) is 1. The summed E-state index contributed by atoms with van der Waals surface area (Å²) >= 11 is 0. The summed E-state index contributed by atoms with van der Waals surface area (Å²) in [5, 5.41) is 7.75. The van der Waals surface area contributed by atoms with Crippen LogP contribution in [-0.4, -0.2) is 27.4 Å². The third-order valence-electron chi connectivity index (χ3n) is 3.32. The van der Waals surface area contributed by atoms with Crippen molar-refractivity contribution in [3.63, 3.8) is 0 Å². The highest BCUT2D eigenvalue weighted by molar-refractivity contribution is 7.89. The van der Waals surface area contributed by atoms with Crippen molar-refractivity contribution in [1.29, 1.82) is 0 Å². The van der Waals surface area contributed by atoms with Gasteiger partial charge in [0.25, 0.3) is 5.91 Å². The van der Waals surface area contributed by atoms with Crippen molar-refractivity contribution in [2.24, 2.45) is 5.14 Å². The minimum absolute atomic E-state index is 0.101. The van der Waals surface area contributed by atoms with Gasteiger partial charge in [-0.25, -0.2) is 18.4 Å². The lowest BCUT2D eigenvalue weighted by molar-refractivity contribution is 0.0600. The number of carbonyl (C=O) groups excluding carboxylic acids is 2. The second-order valence-electron chi connectivity index (χ2n) is 5.05. The summed E-state index contributed by atoms with van der Waals surface area (Å²) in [5.74, 6) is -0.977. The van der Waals surface area contributed by atoms with Gasteiger partial charge in [0.05, 0.1) is 17.6 Å². The van der Waals surface area contributed by atoms with Crippen LogP contribution in [0.1, 0.15) is 26.3 Å². The van der Waals surface area contributed by atoms with Gasteiger partial charge in [-0.05, 0) is 48.9 Å². The monoisotopic (exact) mass is 348 g/mol. The highest BCUT2D eigenvalue weighted by Crippen LogP contribution is 2.17. The molecule has 0 atom stereocenters. The molecule has 0 aliphatic carbocycles. The number of carbonyl (C=O) groups is 2. The number of rotatable bonds is 4. The fourth-order valence-corrected chi connectivity index (χ4v) is 2.87. The Bertz CT molecular complexity index is 889. The number of aryl methyl sites for hydroxylation is 1. The molecule has 0 heterocycles. The van der Waals surface area contributed by atoms with Gasteiger partial charge in [0.1, 0.15) is 0 Å². The number of nitrogens with two attached hydrogens (primary N) is 1. The maximum Gasteiger partial charge on any atom is 0.337 e. The zero-order valence-electron chi connectivity index (χ0n) is 13.1. The normalized spacial score (nSPS) is 11.0. The van der Waals surface area contributed by atoms with Crippen LogP contribution in [0.2, 0.25) is 0 Å². The fraction of sp³-hybridized carbons (Fsp3) is 0.125. The Balaban J connectivity index is 2.23. The topological polar surface area (TPSA) is 116 Å². The molecule has 0 unspecified atom stereocenters. The number of sulfonamides is 1. The van der Waals surface area contributed by atoms with Gasteiger partial charge >= 0.3 is 5.97 Å². The number of nitrogens with one attached hydrogen (secondary N) is 1. The number of hydrogen-bond acceptors (Lipinski definition) is 5. The summed E-state index contributed by atoms with van der Waals surface area (Å²) in [6.07, 6.45) is 0. The molecule has 8 heteroatoms. The molecule has 1 amide bonds. The zero-order valence-corrected chi connectivity index (χ0v) is 13.9. The highest BCUT2D eigenvalue weighted by Gasteiger charge is 2.15. The van der Waals surface area contributed by atoms with E-state index in [1.807, 2.05) is 0 Å². The van der Waals surface area contributed by atoms with Crippen molar-refractivity contribution in [3.05, 3.63) is 59.2 Å². The second-order valence-corrected chi connectivity index (χ2v) is 6.58. The molecule has 0 bridgehead atoms. The number of hydrogen-bond donors (Lipinski definition) is 2. The van der Waals surface area contributed by atoms with Crippen molar-refractivity contribution in [2.75, 3.05) is 12.4 Å². The van der Waals surface area contributed by atoms with E-state index >= 15 is 0 Å². The van der Waals surface area contributed by atoms with E-state index in [1.165, 1.54) is 37.4 Å². The predicted molar refractivity (Wildman–Crippen MR) is 88.3 cm³/mol. The summed E-state index contributed by atoms with van der Waals surface area (Å²) in [7, 11) is -2.64. The first kappa shape index (κ1) is 17.6. The van der Waals surface area contributed by atoms with E-state index < -0.39 is 21.9 Å². The average Bonchev–Trinajstić information content (AvgIpc) is 2.54. The van der Waals surface area contributed by atoms with Crippen molar-refractivity contribution in [3.8, 4) is 0 Å². The molecule has 2 aromatic carbocycles. The van der Waals surface area contributed by atoms with Crippen LogP contribution in [0.5, 0.6) is 0 Å². The molecule has 0 aliphatic rings. The van der Waals surface area contributed by atoms with Crippen LogP contribution in [0, 0.1) is 6.92 Å². The van der Waals surface area contributed by atoms with E-state index in [1.54, 1.807) is 19.1 Å². The highest BCUT2D eigenvalue weighted by atomic mass is 32.2. The van der Waals surface area contributed by atoms with Crippen LogP contribution in [0.4, 0.5) is 5.69 Å². The van der Waals surface area contributed by atoms with Gasteiger partial charge in [0.2, 0.25) is 10.0 Å². The number of primary sulfonamides is 1. The van der Waals surface area contributed by atoms with Crippen LogP contribution in [0.25, 0.3) is 0 Å². The van der Waals surface area contributed by atoms with E-state index in [0.717, 1.165) is 0 Å². The van der Waals surface area contributed by atoms with Gasteiger partial charge in [0, 0.05) is 11.3 Å². The molecule has 2 rings (SSSR count). The molecule has 2 aromatic rings. The van der Waals surface area contributed by atoms with Gasteiger partial charge in [-0.15, -0.1) is 0 Å². The number of benzene rings is 2. The third-order valence-corrected chi connectivity index (χ3v) is 4.37. The lowest BCUT2D eigenvalue weighted by atomic mass is 10.1. The SMILES string of the molecule is COC(=O)c1ccc(NC(=O)c2ccc(C)c(S(N)(=O)=O)c2)cc1. The Labute approximate surface area is 139 Å². The number of methoxy groups -OCH3 is 1. The molecule has 0 saturated carbocycles. The summed E-state index contributed by atoms with van der Waals surface area (Å²) in [5.41, 5.74) is 1.41. The maximum absolute atomic E-state index is 12.2. The summed E-state index contributed by atoms with van der Waals surface area (Å²) in [4.78, 5) is 23.5. The molecule has 24 heavy (non-hydrogen) atoms. The Morgan fingerprint density at radius 2 is 1.62 bits per heavy atom. The molecule has 0 radical (unpaired) electrons. The van der Waals surface area contributed by atoms with E-state index in [0.29, 0.717) is 16.8 Å². The molecular formula is C16H16N2O5S. The molecular weight excluding hydrogens is 332 g/mol. The summed E-state index contributed by atoms with van der Waals surface area (Å²) in [6, 6.07) is 10.3. The van der Waals surface area contributed by atoms with E-state index in [4.69, 9.17) is 5.14 Å². The molecule has 0 spiro atoms. The van der Waals surface area contributed by atoms with Crippen molar-refractivity contribution in [2.45, 2.75) is 11.8 Å². The Morgan fingerprint density at radius 1 is 1.04 bits per heavy atom. The first-order chi connectivity index (χ1) is 11.2. The fourth-order valence-electron chi connectivity index (χ4n) is 2.06. The average molecular weight is 348 g/mol. The molecule has 0 saturated heterocycles. The van der Waals surface area contributed by atoms with Crippen LogP contribution in [0.3, 0.4) is 0 Å². The van der Waals surface area contributed by atoms with Gasteiger partial charge in [0.15, 0.2) is 0 Å². The number of anilines is 1. The molecule has 126 valence electrons. The quantitative estimate of drug-likeness (QED) is 0.816. The van der Waals surface area contributed by atoms with E-state index in [9.17, 15) is 18.0 Å². The summed E-state index contributed by atoms with van der Waals surface area (Å²) in [6.45, 7) is 1.59. The van der Waals surface area contributed by atoms with Crippen LogP contribution in [-0.2, 0) is 14.8 Å². The van der Waals surface area contributed by atoms with E-state index in [-0.39, 0.29) is 10.5 Å². The van der Waals surface area contributed by atoms with Crippen molar-refractivity contribution >= 4 is 27.6 Å². The van der Waals surface area contributed by atoms with Crippen LogP contribution >= 0.6 is 0 Å². The lowest BCUT2D eigenvalue weighted by Crippen LogP contribution is -2.17. The molecule has 0 aromatic heterocycles. The first-order valence-electron chi connectivity index (χ1n) is 6.85. The standard InChI is InChI=1S/C16H16N2O5S/c1-10-3-4-12(9-14(10)24(17,21)22)15(19)18-13-7-5-11(6-8-13)16(20)23-2/h3-9H,1-2H3,(H,18,19)(H2,17,21,22).